The molecule has 1 fully saturated rings. The monoisotopic (exact) mass is 246 g/mol. The van der Waals surface area contributed by atoms with Crippen molar-refractivity contribution in [1.29, 1.82) is 0 Å². The van der Waals surface area contributed by atoms with Crippen molar-refractivity contribution < 1.29 is 4.79 Å². The number of nitrogen functional groups attached to an aromatic ring is 1. The average molecular weight is 246 g/mol. The van der Waals surface area contributed by atoms with Gasteiger partial charge < -0.3 is 10.6 Å². The van der Waals surface area contributed by atoms with Crippen LogP contribution in [0.5, 0.6) is 0 Å². The largest absolute Gasteiger partial charge is 0.399 e. The van der Waals surface area contributed by atoms with Crippen LogP contribution in [0.25, 0.3) is 0 Å². The number of carbonyl (C=O) groups excluding carboxylic acids is 1. The summed E-state index contributed by atoms with van der Waals surface area (Å²) in [5.74, 6) is 0.689. The summed E-state index contributed by atoms with van der Waals surface area (Å²) in [4.78, 5) is 14.2. The van der Waals surface area contributed by atoms with Crippen LogP contribution in [0.4, 0.5) is 5.69 Å². The van der Waals surface area contributed by atoms with Gasteiger partial charge in [0.15, 0.2) is 0 Å². The first-order valence-electron chi connectivity index (χ1n) is 6.70. The molecule has 0 atom stereocenters. The summed E-state index contributed by atoms with van der Waals surface area (Å²) in [6.07, 6.45) is 2.93. The molecule has 0 radical (unpaired) electrons. The van der Waals surface area contributed by atoms with Crippen LogP contribution >= 0.6 is 0 Å². The van der Waals surface area contributed by atoms with Gasteiger partial charge in [-0.25, -0.2) is 0 Å². The van der Waals surface area contributed by atoms with E-state index in [1.807, 2.05) is 29.2 Å². The lowest BCUT2D eigenvalue weighted by Crippen LogP contribution is -2.33. The molecule has 3 heteroatoms. The summed E-state index contributed by atoms with van der Waals surface area (Å²) in [5.41, 5.74) is 7.67. The van der Waals surface area contributed by atoms with Gasteiger partial charge in [0.25, 0.3) is 0 Å². The first-order chi connectivity index (χ1) is 8.56. The number of rotatable bonds is 5. The molecule has 1 saturated carbocycles. The van der Waals surface area contributed by atoms with Gasteiger partial charge in [0.2, 0.25) is 5.91 Å². The van der Waals surface area contributed by atoms with Crippen molar-refractivity contribution in [3.05, 3.63) is 29.8 Å². The molecule has 1 aliphatic carbocycles. The Morgan fingerprint density at radius 3 is 2.72 bits per heavy atom. The Kier molecular flexibility index (Phi) is 3.90. The summed E-state index contributed by atoms with van der Waals surface area (Å²) in [6.45, 7) is 4.87. The first kappa shape index (κ1) is 12.9. The van der Waals surface area contributed by atoms with Crippen molar-refractivity contribution in [1.82, 2.24) is 4.90 Å². The van der Waals surface area contributed by atoms with Crippen LogP contribution in [-0.2, 0) is 11.3 Å². The van der Waals surface area contributed by atoms with Gasteiger partial charge in [-0.2, -0.15) is 0 Å². The number of nitrogens with two attached hydrogens (primary N) is 1. The fraction of sp³-hybridized carbons (Fsp3) is 0.533. The van der Waals surface area contributed by atoms with Crippen molar-refractivity contribution in [2.45, 2.75) is 45.7 Å². The van der Waals surface area contributed by atoms with Gasteiger partial charge in [0, 0.05) is 24.7 Å². The van der Waals surface area contributed by atoms with Gasteiger partial charge in [-0.3, -0.25) is 4.79 Å². The van der Waals surface area contributed by atoms with Crippen molar-refractivity contribution >= 4 is 11.6 Å². The van der Waals surface area contributed by atoms with Gasteiger partial charge in [-0.15, -0.1) is 0 Å². The summed E-state index contributed by atoms with van der Waals surface area (Å²) in [6, 6.07) is 8.27. The molecule has 0 spiro atoms. The highest BCUT2D eigenvalue weighted by molar-refractivity contribution is 5.77. The van der Waals surface area contributed by atoms with Crippen LogP contribution in [0.1, 0.15) is 38.7 Å². The third-order valence-corrected chi connectivity index (χ3v) is 3.19. The molecule has 0 aromatic heterocycles. The summed E-state index contributed by atoms with van der Waals surface area (Å²) in [7, 11) is 0. The molecule has 0 aliphatic heterocycles. The zero-order valence-electron chi connectivity index (χ0n) is 11.2. The molecule has 2 rings (SSSR count). The van der Waals surface area contributed by atoms with E-state index in [1.54, 1.807) is 0 Å². The molecular formula is C15H22N2O. The van der Waals surface area contributed by atoms with Crippen LogP contribution in [-0.4, -0.2) is 16.8 Å². The summed E-state index contributed by atoms with van der Waals surface area (Å²) < 4.78 is 0. The second kappa shape index (κ2) is 5.42. The molecule has 98 valence electrons. The third kappa shape index (κ3) is 3.49. The van der Waals surface area contributed by atoms with Crippen LogP contribution in [0.15, 0.2) is 24.3 Å². The van der Waals surface area contributed by atoms with Crippen LogP contribution in [0.3, 0.4) is 0 Å². The van der Waals surface area contributed by atoms with E-state index >= 15 is 0 Å². The van der Waals surface area contributed by atoms with Gasteiger partial charge in [-0.1, -0.05) is 26.0 Å². The lowest BCUT2D eigenvalue weighted by atomic mass is 10.1. The standard InChI is InChI=1S/C15H22N2O/c1-11(2)8-15(18)17(14-6-7-14)10-12-4-3-5-13(16)9-12/h3-5,9,11,14H,6-8,10,16H2,1-2H3. The van der Waals surface area contributed by atoms with Crippen molar-refractivity contribution in [3.63, 3.8) is 0 Å². The maximum absolute atomic E-state index is 12.2. The fourth-order valence-corrected chi connectivity index (χ4v) is 2.16. The Balaban J connectivity index is 2.04. The van der Waals surface area contributed by atoms with Crippen molar-refractivity contribution in [2.75, 3.05) is 5.73 Å². The van der Waals surface area contributed by atoms with E-state index in [9.17, 15) is 4.79 Å². The SMILES string of the molecule is CC(C)CC(=O)N(Cc1cccc(N)c1)C1CC1. The minimum atomic E-state index is 0.273. The molecule has 1 aromatic carbocycles. The Bertz CT molecular complexity index is 424. The van der Waals surface area contributed by atoms with Crippen molar-refractivity contribution in [3.8, 4) is 0 Å². The lowest BCUT2D eigenvalue weighted by Gasteiger charge is -2.23. The minimum Gasteiger partial charge on any atom is -0.399 e. The molecule has 0 unspecified atom stereocenters. The van der Waals surface area contributed by atoms with Gasteiger partial charge in [0.1, 0.15) is 0 Å². The molecule has 1 amide bonds. The number of benzene rings is 1. The molecule has 2 N–H and O–H groups in total. The quantitative estimate of drug-likeness (QED) is 0.812. The molecule has 0 heterocycles. The molecule has 0 saturated heterocycles. The number of anilines is 1. The Labute approximate surface area is 109 Å². The maximum Gasteiger partial charge on any atom is 0.223 e. The molecule has 18 heavy (non-hydrogen) atoms. The highest BCUT2D eigenvalue weighted by atomic mass is 16.2. The molecule has 0 bridgehead atoms. The van der Waals surface area contributed by atoms with Crippen LogP contribution in [0.2, 0.25) is 0 Å². The highest BCUT2D eigenvalue weighted by Gasteiger charge is 2.32. The van der Waals surface area contributed by atoms with E-state index in [-0.39, 0.29) is 5.91 Å². The van der Waals surface area contributed by atoms with E-state index in [0.717, 1.165) is 24.1 Å². The number of amides is 1. The number of carbonyl (C=O) groups is 1. The third-order valence-electron chi connectivity index (χ3n) is 3.19. The van der Waals surface area contributed by atoms with E-state index in [4.69, 9.17) is 5.73 Å². The fourth-order valence-electron chi connectivity index (χ4n) is 2.16. The Hall–Kier alpha value is -1.51. The number of hydrogen-bond acceptors (Lipinski definition) is 2. The number of nitrogens with zero attached hydrogens (tertiary/aromatic N) is 1. The van der Waals surface area contributed by atoms with Gasteiger partial charge >= 0.3 is 0 Å². The van der Waals surface area contributed by atoms with E-state index in [0.29, 0.717) is 24.9 Å². The zero-order valence-corrected chi connectivity index (χ0v) is 11.2. The summed E-state index contributed by atoms with van der Waals surface area (Å²) in [5, 5.41) is 0. The zero-order chi connectivity index (χ0) is 13.1. The smallest absolute Gasteiger partial charge is 0.223 e. The molecule has 1 aromatic rings. The topological polar surface area (TPSA) is 46.3 Å². The minimum absolute atomic E-state index is 0.273. The predicted octanol–water partition coefficient (Wildman–Crippen LogP) is 2.81. The average Bonchev–Trinajstić information content (AvgIpc) is 3.08. The lowest BCUT2D eigenvalue weighted by molar-refractivity contribution is -0.133. The van der Waals surface area contributed by atoms with Gasteiger partial charge in [-0.05, 0) is 36.5 Å². The van der Waals surface area contributed by atoms with Crippen molar-refractivity contribution in [2.24, 2.45) is 5.92 Å². The maximum atomic E-state index is 12.2. The second-order valence-electron chi connectivity index (χ2n) is 5.60. The van der Waals surface area contributed by atoms with E-state index in [1.165, 1.54) is 0 Å². The highest BCUT2D eigenvalue weighted by Crippen LogP contribution is 2.29. The van der Waals surface area contributed by atoms with Crippen LogP contribution in [0, 0.1) is 5.92 Å². The Morgan fingerprint density at radius 2 is 2.17 bits per heavy atom. The predicted molar refractivity (Wildman–Crippen MR) is 73.9 cm³/mol. The van der Waals surface area contributed by atoms with Gasteiger partial charge in [0.05, 0.1) is 0 Å². The number of hydrogen-bond donors (Lipinski definition) is 1. The normalized spacial score (nSPS) is 14.8. The molecule has 3 nitrogen and oxygen atoms in total. The summed E-state index contributed by atoms with van der Waals surface area (Å²) >= 11 is 0. The first-order valence-corrected chi connectivity index (χ1v) is 6.70. The van der Waals surface area contributed by atoms with Crippen LogP contribution < -0.4 is 5.73 Å². The second-order valence-corrected chi connectivity index (χ2v) is 5.60. The van der Waals surface area contributed by atoms with E-state index in [2.05, 4.69) is 13.8 Å². The molecule has 1 aliphatic rings. The van der Waals surface area contributed by atoms with E-state index < -0.39 is 0 Å². The Morgan fingerprint density at radius 1 is 1.44 bits per heavy atom. The molecular weight excluding hydrogens is 224 g/mol.